The van der Waals surface area contributed by atoms with E-state index in [9.17, 15) is 0 Å². The molecule has 18 heavy (non-hydrogen) atoms. The topological polar surface area (TPSA) is 38.5 Å². The largest absolute Gasteiger partial charge is 0.496 e. The van der Waals surface area contributed by atoms with Gasteiger partial charge in [0.1, 0.15) is 5.75 Å². The van der Waals surface area contributed by atoms with Crippen LogP contribution >= 0.6 is 0 Å². The van der Waals surface area contributed by atoms with Crippen molar-refractivity contribution in [3.05, 3.63) is 23.8 Å². The van der Waals surface area contributed by atoms with Crippen LogP contribution in [0.3, 0.4) is 0 Å². The number of nitrogens with two attached hydrogens (primary N) is 1. The molecular weight excluding hydrogens is 224 g/mol. The summed E-state index contributed by atoms with van der Waals surface area (Å²) >= 11 is 0. The monoisotopic (exact) mass is 250 g/mol. The van der Waals surface area contributed by atoms with Gasteiger partial charge in [-0.05, 0) is 30.5 Å². The number of anilines is 1. The average Bonchev–Trinajstić information content (AvgIpc) is 2.35. The molecule has 0 aliphatic rings. The molecule has 102 valence electrons. The summed E-state index contributed by atoms with van der Waals surface area (Å²) in [6.45, 7) is 9.36. The van der Waals surface area contributed by atoms with E-state index in [0.29, 0.717) is 12.6 Å². The van der Waals surface area contributed by atoms with Crippen LogP contribution in [0.4, 0.5) is 5.69 Å². The Labute approximate surface area is 111 Å². The molecule has 3 nitrogen and oxygen atoms in total. The number of hydrogen-bond donors (Lipinski definition) is 1. The Morgan fingerprint density at radius 3 is 2.39 bits per heavy atom. The maximum atomic E-state index is 5.72. The first kappa shape index (κ1) is 14.8. The molecule has 0 aromatic heterocycles. The van der Waals surface area contributed by atoms with Crippen molar-refractivity contribution in [2.75, 3.05) is 25.6 Å². The highest BCUT2D eigenvalue weighted by Crippen LogP contribution is 2.34. The standard InChI is InChI=1S/C15H26N2O/c1-11(10-16)17(5)12-7-8-14(18-6)13(9-12)15(2,3)4/h7-9,11H,10,16H2,1-6H3. The zero-order chi connectivity index (χ0) is 13.9. The molecular formula is C15H26N2O. The van der Waals surface area contributed by atoms with Crippen LogP contribution < -0.4 is 15.4 Å². The molecule has 1 aromatic carbocycles. The van der Waals surface area contributed by atoms with Gasteiger partial charge >= 0.3 is 0 Å². The van der Waals surface area contributed by atoms with Gasteiger partial charge in [-0.1, -0.05) is 20.8 Å². The van der Waals surface area contributed by atoms with Crippen molar-refractivity contribution in [2.24, 2.45) is 5.73 Å². The van der Waals surface area contributed by atoms with E-state index in [0.717, 1.165) is 5.75 Å². The predicted octanol–water partition coefficient (Wildman–Crippen LogP) is 2.78. The fourth-order valence-electron chi connectivity index (χ4n) is 1.91. The van der Waals surface area contributed by atoms with Gasteiger partial charge in [-0.25, -0.2) is 0 Å². The maximum Gasteiger partial charge on any atom is 0.122 e. The average molecular weight is 250 g/mol. The van der Waals surface area contributed by atoms with E-state index in [-0.39, 0.29) is 5.41 Å². The molecule has 0 saturated carbocycles. The second-order valence-corrected chi connectivity index (χ2v) is 5.83. The summed E-state index contributed by atoms with van der Waals surface area (Å²) < 4.78 is 5.45. The molecule has 1 unspecified atom stereocenters. The van der Waals surface area contributed by atoms with Gasteiger partial charge in [0.25, 0.3) is 0 Å². The third kappa shape index (κ3) is 3.16. The van der Waals surface area contributed by atoms with Crippen molar-refractivity contribution in [1.82, 2.24) is 0 Å². The zero-order valence-corrected chi connectivity index (χ0v) is 12.4. The minimum atomic E-state index is 0.0636. The highest BCUT2D eigenvalue weighted by molar-refractivity contribution is 5.55. The summed E-state index contributed by atoms with van der Waals surface area (Å²) in [5, 5.41) is 0. The number of hydrogen-bond acceptors (Lipinski definition) is 3. The van der Waals surface area contributed by atoms with Gasteiger partial charge in [-0.3, -0.25) is 0 Å². The van der Waals surface area contributed by atoms with Crippen LogP contribution in [0, 0.1) is 0 Å². The lowest BCUT2D eigenvalue weighted by Crippen LogP contribution is -2.35. The van der Waals surface area contributed by atoms with Crippen LogP contribution in [-0.2, 0) is 5.41 Å². The van der Waals surface area contributed by atoms with Crippen molar-refractivity contribution < 1.29 is 4.74 Å². The van der Waals surface area contributed by atoms with E-state index in [1.165, 1.54) is 11.3 Å². The van der Waals surface area contributed by atoms with Crippen molar-refractivity contribution in [3.63, 3.8) is 0 Å². The Hall–Kier alpha value is -1.22. The van der Waals surface area contributed by atoms with Crippen LogP contribution in [-0.4, -0.2) is 26.7 Å². The van der Waals surface area contributed by atoms with Gasteiger partial charge in [-0.15, -0.1) is 0 Å². The van der Waals surface area contributed by atoms with Crippen molar-refractivity contribution in [3.8, 4) is 5.75 Å². The van der Waals surface area contributed by atoms with Crippen LogP contribution in [0.2, 0.25) is 0 Å². The van der Waals surface area contributed by atoms with Gasteiger partial charge in [0.2, 0.25) is 0 Å². The molecule has 0 amide bonds. The summed E-state index contributed by atoms with van der Waals surface area (Å²) in [6.07, 6.45) is 0. The fraction of sp³-hybridized carbons (Fsp3) is 0.600. The molecule has 0 radical (unpaired) electrons. The summed E-state index contributed by atoms with van der Waals surface area (Å²) in [5.41, 5.74) is 8.19. The highest BCUT2D eigenvalue weighted by Gasteiger charge is 2.20. The van der Waals surface area contributed by atoms with Crippen LogP contribution in [0.25, 0.3) is 0 Å². The van der Waals surface area contributed by atoms with Crippen molar-refractivity contribution >= 4 is 5.69 Å². The normalized spacial score (nSPS) is 13.3. The second kappa shape index (κ2) is 5.61. The lowest BCUT2D eigenvalue weighted by Gasteiger charge is -2.29. The Morgan fingerprint density at radius 2 is 1.94 bits per heavy atom. The Kier molecular flexibility index (Phi) is 4.63. The number of methoxy groups -OCH3 is 1. The van der Waals surface area contributed by atoms with E-state index in [1.54, 1.807) is 7.11 Å². The molecule has 0 aliphatic carbocycles. The molecule has 0 heterocycles. The summed E-state index contributed by atoms with van der Waals surface area (Å²) in [5.74, 6) is 0.944. The van der Waals surface area contributed by atoms with Crippen LogP contribution in [0.15, 0.2) is 18.2 Å². The number of likely N-dealkylation sites (N-methyl/N-ethyl adjacent to an activating group) is 1. The Balaban J connectivity index is 3.18. The van der Waals surface area contributed by atoms with Gasteiger partial charge in [0.05, 0.1) is 7.11 Å². The molecule has 1 atom stereocenters. The Bertz CT molecular complexity index is 396. The molecule has 1 aromatic rings. The minimum absolute atomic E-state index is 0.0636. The van der Waals surface area contributed by atoms with Gasteiger partial charge in [-0.2, -0.15) is 0 Å². The first-order valence-electron chi connectivity index (χ1n) is 6.42. The van der Waals surface area contributed by atoms with Crippen LogP contribution in [0.5, 0.6) is 5.75 Å². The van der Waals surface area contributed by atoms with Crippen molar-refractivity contribution in [2.45, 2.75) is 39.2 Å². The minimum Gasteiger partial charge on any atom is -0.496 e. The number of benzene rings is 1. The third-order valence-electron chi connectivity index (χ3n) is 3.40. The molecule has 0 fully saturated rings. The summed E-state index contributed by atoms with van der Waals surface area (Å²) in [4.78, 5) is 2.20. The van der Waals surface area contributed by atoms with E-state index in [1.807, 2.05) is 6.07 Å². The molecule has 0 aliphatic heterocycles. The molecule has 0 saturated heterocycles. The van der Waals surface area contributed by atoms with Gasteiger partial charge < -0.3 is 15.4 Å². The molecule has 2 N–H and O–H groups in total. The van der Waals surface area contributed by atoms with E-state index in [4.69, 9.17) is 10.5 Å². The maximum absolute atomic E-state index is 5.72. The second-order valence-electron chi connectivity index (χ2n) is 5.83. The first-order chi connectivity index (χ1) is 8.31. The summed E-state index contributed by atoms with van der Waals surface area (Å²) in [7, 11) is 3.79. The number of rotatable bonds is 4. The van der Waals surface area contributed by atoms with E-state index >= 15 is 0 Å². The smallest absolute Gasteiger partial charge is 0.122 e. The van der Waals surface area contributed by atoms with E-state index < -0.39 is 0 Å². The molecule has 3 heteroatoms. The lowest BCUT2D eigenvalue weighted by molar-refractivity contribution is 0.397. The quantitative estimate of drug-likeness (QED) is 0.893. The lowest BCUT2D eigenvalue weighted by atomic mass is 9.86. The highest BCUT2D eigenvalue weighted by atomic mass is 16.5. The van der Waals surface area contributed by atoms with E-state index in [2.05, 4.69) is 51.8 Å². The molecule has 0 spiro atoms. The molecule has 0 bridgehead atoms. The third-order valence-corrected chi connectivity index (χ3v) is 3.40. The van der Waals surface area contributed by atoms with Crippen molar-refractivity contribution in [1.29, 1.82) is 0 Å². The van der Waals surface area contributed by atoms with Gasteiger partial charge in [0.15, 0.2) is 0 Å². The SMILES string of the molecule is COc1ccc(N(C)C(C)CN)cc1C(C)(C)C. The number of nitrogens with zero attached hydrogens (tertiary/aromatic N) is 1. The Morgan fingerprint density at radius 1 is 1.33 bits per heavy atom. The predicted molar refractivity (Wildman–Crippen MR) is 78.6 cm³/mol. The van der Waals surface area contributed by atoms with Gasteiger partial charge in [0, 0.05) is 30.9 Å². The fourth-order valence-corrected chi connectivity index (χ4v) is 1.91. The van der Waals surface area contributed by atoms with Crippen LogP contribution in [0.1, 0.15) is 33.3 Å². The molecule has 1 rings (SSSR count). The summed E-state index contributed by atoms with van der Waals surface area (Å²) in [6, 6.07) is 6.65. The zero-order valence-electron chi connectivity index (χ0n) is 12.4. The number of ether oxygens (including phenoxy) is 1. The first-order valence-corrected chi connectivity index (χ1v) is 6.42.